The third-order valence-corrected chi connectivity index (χ3v) is 5.05. The molecule has 1 aromatic carbocycles. The molecule has 28 heavy (non-hydrogen) atoms. The monoisotopic (exact) mass is 458 g/mol. The molecule has 0 saturated carbocycles. The molecule has 1 aromatic rings. The summed E-state index contributed by atoms with van der Waals surface area (Å²) in [4.78, 5) is 46.9. The van der Waals surface area contributed by atoms with Gasteiger partial charge in [-0.3, -0.25) is 19.2 Å². The second-order valence-corrected chi connectivity index (χ2v) is 6.82. The molecule has 0 spiro atoms. The Hall–Kier alpha value is -2.38. The first-order valence-corrected chi connectivity index (χ1v) is 8.88. The topological polar surface area (TPSA) is 86.7 Å². The third-order valence-electron chi connectivity index (χ3n) is 3.49. The van der Waals surface area contributed by atoms with Gasteiger partial charge in [-0.2, -0.15) is 0 Å². The highest BCUT2D eigenvalue weighted by molar-refractivity contribution is 6.48. The van der Waals surface area contributed by atoms with Crippen LogP contribution in [0.5, 0.6) is 11.5 Å². The maximum atomic E-state index is 11.9. The summed E-state index contributed by atoms with van der Waals surface area (Å²) in [6.45, 7) is 0. The molecule has 0 fully saturated rings. The van der Waals surface area contributed by atoms with Crippen LogP contribution in [0.2, 0.25) is 10.0 Å². The SMILES string of the molecule is O=C1C=CC(=O)C(Oc2ccc(OC3=C(Cl)C(=O)C=CC3=O)c(Cl)c2Cl)=C1Cl. The van der Waals surface area contributed by atoms with E-state index < -0.39 is 44.7 Å². The van der Waals surface area contributed by atoms with Crippen molar-refractivity contribution in [3.63, 3.8) is 0 Å². The van der Waals surface area contributed by atoms with Crippen LogP contribution in [0, 0.1) is 0 Å². The Morgan fingerprint density at radius 1 is 0.536 bits per heavy atom. The molecule has 2 aliphatic rings. The first-order valence-electron chi connectivity index (χ1n) is 7.37. The van der Waals surface area contributed by atoms with E-state index in [2.05, 4.69) is 0 Å². The second kappa shape index (κ2) is 7.93. The van der Waals surface area contributed by atoms with E-state index in [0.717, 1.165) is 24.3 Å². The third kappa shape index (κ3) is 3.77. The molecule has 3 rings (SSSR count). The van der Waals surface area contributed by atoms with Crippen LogP contribution in [0.3, 0.4) is 0 Å². The van der Waals surface area contributed by atoms with Gasteiger partial charge >= 0.3 is 0 Å². The maximum absolute atomic E-state index is 11.9. The second-order valence-electron chi connectivity index (χ2n) is 5.30. The number of benzene rings is 1. The van der Waals surface area contributed by atoms with Gasteiger partial charge in [0.25, 0.3) is 0 Å². The van der Waals surface area contributed by atoms with E-state index in [1.54, 1.807) is 0 Å². The normalized spacial score (nSPS) is 17.0. The highest BCUT2D eigenvalue weighted by atomic mass is 35.5. The minimum atomic E-state index is -0.632. The summed E-state index contributed by atoms with van der Waals surface area (Å²) < 4.78 is 10.7. The summed E-state index contributed by atoms with van der Waals surface area (Å²) in [5.74, 6) is -3.47. The minimum absolute atomic E-state index is 0.0883. The van der Waals surface area contributed by atoms with Gasteiger partial charge in [0.1, 0.15) is 31.6 Å². The van der Waals surface area contributed by atoms with Gasteiger partial charge < -0.3 is 9.47 Å². The summed E-state index contributed by atoms with van der Waals surface area (Å²) in [6, 6.07) is 2.55. The average Bonchev–Trinajstić information content (AvgIpc) is 2.67. The summed E-state index contributed by atoms with van der Waals surface area (Å²) in [5, 5.41) is -1.19. The van der Waals surface area contributed by atoms with Gasteiger partial charge in [0.2, 0.25) is 23.1 Å². The van der Waals surface area contributed by atoms with E-state index in [1.807, 2.05) is 0 Å². The molecule has 2 aliphatic carbocycles. The lowest BCUT2D eigenvalue weighted by atomic mass is 10.1. The molecule has 0 amide bonds. The fraction of sp³-hybridized carbons (Fsp3) is 0. The summed E-state index contributed by atoms with van der Waals surface area (Å²) in [7, 11) is 0. The first-order chi connectivity index (χ1) is 13.2. The molecule has 0 atom stereocenters. The Labute approximate surface area is 177 Å². The van der Waals surface area contributed by atoms with Crippen LogP contribution in [0.15, 0.2) is 58.0 Å². The first kappa shape index (κ1) is 20.4. The number of hydrogen-bond donors (Lipinski definition) is 0. The quantitative estimate of drug-likeness (QED) is 0.631. The molecular weight excluding hydrogens is 454 g/mol. The van der Waals surface area contributed by atoms with Crippen LogP contribution >= 0.6 is 46.4 Å². The van der Waals surface area contributed by atoms with Crippen LogP contribution in [0.1, 0.15) is 0 Å². The molecular formula is C18H6Cl4O6. The number of rotatable bonds is 4. The van der Waals surface area contributed by atoms with E-state index >= 15 is 0 Å². The molecule has 0 heterocycles. The van der Waals surface area contributed by atoms with Crippen molar-refractivity contribution in [3.05, 3.63) is 68.1 Å². The zero-order valence-corrected chi connectivity index (χ0v) is 16.4. The van der Waals surface area contributed by atoms with Gasteiger partial charge in [-0.25, -0.2) is 0 Å². The van der Waals surface area contributed by atoms with Crippen LogP contribution in [0.4, 0.5) is 0 Å². The van der Waals surface area contributed by atoms with Crippen LogP contribution in [-0.4, -0.2) is 23.1 Å². The molecule has 0 aliphatic heterocycles. The largest absolute Gasteiger partial charge is 0.450 e. The summed E-state index contributed by atoms with van der Waals surface area (Å²) in [5.41, 5.74) is 0. The number of ether oxygens (including phenoxy) is 2. The predicted molar refractivity (Wildman–Crippen MR) is 102 cm³/mol. The fourth-order valence-electron chi connectivity index (χ4n) is 2.12. The molecule has 0 N–H and O–H groups in total. The zero-order chi connectivity index (χ0) is 20.6. The number of halogens is 4. The Kier molecular flexibility index (Phi) is 5.76. The lowest BCUT2D eigenvalue weighted by molar-refractivity contribution is -0.116. The van der Waals surface area contributed by atoms with Crippen LogP contribution in [0.25, 0.3) is 0 Å². The van der Waals surface area contributed by atoms with Crippen molar-refractivity contribution in [1.82, 2.24) is 0 Å². The van der Waals surface area contributed by atoms with Gasteiger partial charge in [0.05, 0.1) is 0 Å². The predicted octanol–water partition coefficient (Wildman–Crippen LogP) is 4.07. The standard InChI is InChI=1S/C18H6Cl4O6/c19-13-7(23)1-3-9(25)17(13)27-11-5-6-12(16(22)15(11)21)28-18-10(26)4-2-8(24)14(18)20/h1-6H. The van der Waals surface area contributed by atoms with E-state index in [1.165, 1.54) is 12.1 Å². The van der Waals surface area contributed by atoms with E-state index in [4.69, 9.17) is 55.9 Å². The van der Waals surface area contributed by atoms with Crippen LogP contribution < -0.4 is 9.47 Å². The highest BCUT2D eigenvalue weighted by Gasteiger charge is 2.27. The minimum Gasteiger partial charge on any atom is -0.450 e. The molecule has 0 bridgehead atoms. The Bertz CT molecular complexity index is 993. The summed E-state index contributed by atoms with van der Waals surface area (Å²) in [6.07, 6.45) is 4.03. The van der Waals surface area contributed by atoms with Gasteiger partial charge in [0.15, 0.2) is 11.5 Å². The highest BCUT2D eigenvalue weighted by Crippen LogP contribution is 2.41. The van der Waals surface area contributed by atoms with E-state index in [-0.39, 0.29) is 21.5 Å². The van der Waals surface area contributed by atoms with Crippen molar-refractivity contribution in [2.24, 2.45) is 0 Å². The van der Waals surface area contributed by atoms with Crippen molar-refractivity contribution in [2.45, 2.75) is 0 Å². The van der Waals surface area contributed by atoms with Crippen molar-refractivity contribution in [1.29, 1.82) is 0 Å². The number of ketones is 4. The smallest absolute Gasteiger partial charge is 0.222 e. The molecule has 142 valence electrons. The lowest BCUT2D eigenvalue weighted by Gasteiger charge is -2.16. The Balaban J connectivity index is 1.92. The number of hydrogen-bond acceptors (Lipinski definition) is 6. The van der Waals surface area contributed by atoms with Gasteiger partial charge in [-0.1, -0.05) is 46.4 Å². The Morgan fingerprint density at radius 3 is 1.21 bits per heavy atom. The van der Waals surface area contributed by atoms with Crippen molar-refractivity contribution >= 4 is 69.5 Å². The van der Waals surface area contributed by atoms with Crippen molar-refractivity contribution in [3.8, 4) is 11.5 Å². The molecule has 0 radical (unpaired) electrons. The molecule has 0 saturated heterocycles. The lowest BCUT2D eigenvalue weighted by Crippen LogP contribution is -2.17. The van der Waals surface area contributed by atoms with Crippen molar-refractivity contribution in [2.75, 3.05) is 0 Å². The van der Waals surface area contributed by atoms with Gasteiger partial charge in [-0.05, 0) is 36.4 Å². The fourth-order valence-corrected chi connectivity index (χ4v) is 2.90. The van der Waals surface area contributed by atoms with Crippen LogP contribution in [-0.2, 0) is 19.2 Å². The number of carbonyl (C=O) groups excluding carboxylic acids is 4. The average molecular weight is 460 g/mol. The van der Waals surface area contributed by atoms with Crippen molar-refractivity contribution < 1.29 is 28.7 Å². The number of carbonyl (C=O) groups is 4. The Morgan fingerprint density at radius 2 is 0.857 bits per heavy atom. The molecule has 0 aromatic heterocycles. The maximum Gasteiger partial charge on any atom is 0.222 e. The zero-order valence-electron chi connectivity index (χ0n) is 13.4. The summed E-state index contributed by atoms with van der Waals surface area (Å²) >= 11 is 23.9. The van der Waals surface area contributed by atoms with E-state index in [9.17, 15) is 19.2 Å². The van der Waals surface area contributed by atoms with E-state index in [0.29, 0.717) is 0 Å². The number of allylic oxidation sites excluding steroid dienone is 6. The molecule has 10 heteroatoms. The van der Waals surface area contributed by atoms with Gasteiger partial charge in [0, 0.05) is 0 Å². The van der Waals surface area contributed by atoms with Gasteiger partial charge in [-0.15, -0.1) is 0 Å². The molecule has 0 unspecified atom stereocenters. The molecule has 6 nitrogen and oxygen atoms in total.